The second kappa shape index (κ2) is 4.61. The van der Waals surface area contributed by atoms with E-state index in [0.29, 0.717) is 11.5 Å². The summed E-state index contributed by atoms with van der Waals surface area (Å²) < 4.78 is 0. The molecule has 0 atom stereocenters. The maximum Gasteiger partial charge on any atom is 0.119 e. The third kappa shape index (κ3) is 1.88. The van der Waals surface area contributed by atoms with Crippen LogP contribution in [-0.2, 0) is 5.41 Å². The lowest BCUT2D eigenvalue weighted by Crippen LogP contribution is -2.24. The smallest absolute Gasteiger partial charge is 0.119 e. The van der Waals surface area contributed by atoms with Gasteiger partial charge in [0, 0.05) is 16.5 Å². The molecule has 0 radical (unpaired) electrons. The number of hydrogen-bond acceptors (Lipinski definition) is 2. The quantitative estimate of drug-likeness (QED) is 0.851. The Labute approximate surface area is 113 Å². The average Bonchev–Trinajstić information content (AvgIpc) is 2.90. The third-order valence-electron chi connectivity index (χ3n) is 4.30. The molecule has 2 nitrogen and oxygen atoms in total. The van der Waals surface area contributed by atoms with Gasteiger partial charge in [-0.25, -0.2) is 0 Å². The molecule has 98 valence electrons. The van der Waals surface area contributed by atoms with Crippen molar-refractivity contribution in [2.45, 2.75) is 31.1 Å². The Kier molecular flexibility index (Phi) is 2.94. The highest BCUT2D eigenvalue weighted by Crippen LogP contribution is 2.51. The second-order valence-electron chi connectivity index (χ2n) is 5.32. The summed E-state index contributed by atoms with van der Waals surface area (Å²) in [6.07, 6.45) is 4.20. The molecule has 1 saturated carbocycles. The van der Waals surface area contributed by atoms with E-state index in [1.54, 1.807) is 12.1 Å². The molecule has 2 aromatic carbocycles. The lowest BCUT2D eigenvalue weighted by molar-refractivity contribution is 0.415. The van der Waals surface area contributed by atoms with E-state index in [2.05, 4.69) is 0 Å². The van der Waals surface area contributed by atoms with E-state index in [1.807, 2.05) is 36.4 Å². The minimum Gasteiger partial charge on any atom is -0.508 e. The molecule has 0 saturated heterocycles. The number of para-hydroxylation sites is 2. The first-order valence-electron chi connectivity index (χ1n) is 6.81. The average molecular weight is 254 g/mol. The lowest BCUT2D eigenvalue weighted by atomic mass is 9.72. The Morgan fingerprint density at radius 2 is 1.11 bits per heavy atom. The maximum atomic E-state index is 10.2. The van der Waals surface area contributed by atoms with Crippen LogP contribution in [-0.4, -0.2) is 10.2 Å². The molecule has 0 unspecified atom stereocenters. The van der Waals surface area contributed by atoms with Crippen molar-refractivity contribution in [1.29, 1.82) is 0 Å². The molecule has 3 rings (SSSR count). The van der Waals surface area contributed by atoms with Crippen molar-refractivity contribution in [3.8, 4) is 11.5 Å². The van der Waals surface area contributed by atoms with Crippen molar-refractivity contribution in [3.05, 3.63) is 59.7 Å². The molecule has 0 spiro atoms. The van der Waals surface area contributed by atoms with E-state index in [0.717, 1.165) is 36.8 Å². The van der Waals surface area contributed by atoms with Crippen LogP contribution >= 0.6 is 0 Å². The van der Waals surface area contributed by atoms with Gasteiger partial charge in [0.1, 0.15) is 11.5 Å². The molecule has 1 fully saturated rings. The van der Waals surface area contributed by atoms with Gasteiger partial charge in [-0.2, -0.15) is 0 Å². The number of aromatic hydroxyl groups is 2. The molecule has 1 aliphatic carbocycles. The minimum atomic E-state index is -0.239. The SMILES string of the molecule is Oc1ccccc1C1(c2ccccc2O)CCCC1. The van der Waals surface area contributed by atoms with E-state index < -0.39 is 0 Å². The molecule has 1 aliphatic rings. The fourth-order valence-corrected chi connectivity index (χ4v) is 3.42. The highest BCUT2D eigenvalue weighted by atomic mass is 16.3. The summed E-state index contributed by atoms with van der Waals surface area (Å²) >= 11 is 0. The highest BCUT2D eigenvalue weighted by Gasteiger charge is 2.40. The molecule has 2 N–H and O–H groups in total. The van der Waals surface area contributed by atoms with Crippen LogP contribution in [0, 0.1) is 0 Å². The van der Waals surface area contributed by atoms with E-state index >= 15 is 0 Å². The van der Waals surface area contributed by atoms with Crippen molar-refractivity contribution in [2.75, 3.05) is 0 Å². The van der Waals surface area contributed by atoms with Crippen LogP contribution < -0.4 is 0 Å². The zero-order valence-electron chi connectivity index (χ0n) is 10.8. The maximum absolute atomic E-state index is 10.2. The summed E-state index contributed by atoms with van der Waals surface area (Å²) in [5, 5.41) is 20.4. The van der Waals surface area contributed by atoms with Crippen molar-refractivity contribution >= 4 is 0 Å². The van der Waals surface area contributed by atoms with Gasteiger partial charge < -0.3 is 10.2 Å². The van der Waals surface area contributed by atoms with Crippen LogP contribution in [0.4, 0.5) is 0 Å². The number of benzene rings is 2. The molecule has 2 aromatic rings. The van der Waals surface area contributed by atoms with Crippen molar-refractivity contribution in [3.63, 3.8) is 0 Å². The van der Waals surface area contributed by atoms with Gasteiger partial charge in [0.25, 0.3) is 0 Å². The largest absolute Gasteiger partial charge is 0.508 e. The van der Waals surface area contributed by atoms with Crippen LogP contribution in [0.25, 0.3) is 0 Å². The van der Waals surface area contributed by atoms with E-state index in [4.69, 9.17) is 0 Å². The molecule has 0 heterocycles. The molecule has 0 amide bonds. The predicted octanol–water partition coefficient (Wildman–Crippen LogP) is 3.96. The van der Waals surface area contributed by atoms with Crippen LogP contribution in [0.3, 0.4) is 0 Å². The van der Waals surface area contributed by atoms with Gasteiger partial charge in [-0.3, -0.25) is 0 Å². The standard InChI is InChI=1S/C17H18O2/c18-15-9-3-1-7-13(15)17(11-5-6-12-17)14-8-2-4-10-16(14)19/h1-4,7-10,18-19H,5-6,11-12H2. The fourth-order valence-electron chi connectivity index (χ4n) is 3.42. The minimum absolute atomic E-state index is 0.239. The molecular formula is C17H18O2. The van der Waals surface area contributed by atoms with Gasteiger partial charge >= 0.3 is 0 Å². The molecule has 0 aliphatic heterocycles. The second-order valence-corrected chi connectivity index (χ2v) is 5.32. The van der Waals surface area contributed by atoms with E-state index in [9.17, 15) is 10.2 Å². The van der Waals surface area contributed by atoms with Crippen molar-refractivity contribution in [1.82, 2.24) is 0 Å². The first-order chi connectivity index (χ1) is 9.24. The molecular weight excluding hydrogens is 236 g/mol. The Morgan fingerprint density at radius 1 is 0.684 bits per heavy atom. The Bertz CT molecular complexity index is 536. The van der Waals surface area contributed by atoms with Crippen LogP contribution in [0.2, 0.25) is 0 Å². The zero-order chi connectivity index (χ0) is 13.3. The van der Waals surface area contributed by atoms with Gasteiger partial charge in [-0.05, 0) is 25.0 Å². The summed E-state index contributed by atoms with van der Waals surface area (Å²) in [5.74, 6) is 0.653. The number of hydrogen-bond donors (Lipinski definition) is 2. The first kappa shape index (κ1) is 12.1. The summed E-state index contributed by atoms with van der Waals surface area (Å²) in [6, 6.07) is 15.0. The predicted molar refractivity (Wildman–Crippen MR) is 75.5 cm³/mol. The van der Waals surface area contributed by atoms with Crippen molar-refractivity contribution in [2.24, 2.45) is 0 Å². The Balaban J connectivity index is 2.21. The third-order valence-corrected chi connectivity index (χ3v) is 4.30. The van der Waals surface area contributed by atoms with Crippen LogP contribution in [0.1, 0.15) is 36.8 Å². The zero-order valence-corrected chi connectivity index (χ0v) is 10.8. The Hall–Kier alpha value is -1.96. The fraction of sp³-hybridized carbons (Fsp3) is 0.294. The van der Waals surface area contributed by atoms with Gasteiger partial charge in [0.2, 0.25) is 0 Å². The van der Waals surface area contributed by atoms with Gasteiger partial charge in [0.15, 0.2) is 0 Å². The van der Waals surface area contributed by atoms with E-state index in [-0.39, 0.29) is 5.41 Å². The number of phenols is 2. The van der Waals surface area contributed by atoms with Crippen LogP contribution in [0.15, 0.2) is 48.5 Å². The monoisotopic (exact) mass is 254 g/mol. The van der Waals surface area contributed by atoms with Gasteiger partial charge in [-0.15, -0.1) is 0 Å². The summed E-state index contributed by atoms with van der Waals surface area (Å²) in [4.78, 5) is 0. The first-order valence-corrected chi connectivity index (χ1v) is 6.81. The summed E-state index contributed by atoms with van der Waals surface area (Å²) in [7, 11) is 0. The molecule has 19 heavy (non-hydrogen) atoms. The lowest BCUT2D eigenvalue weighted by Gasteiger charge is -2.31. The molecule has 0 aromatic heterocycles. The van der Waals surface area contributed by atoms with Crippen LogP contribution in [0.5, 0.6) is 11.5 Å². The summed E-state index contributed by atoms with van der Waals surface area (Å²) in [5.41, 5.74) is 1.64. The molecule has 2 heteroatoms. The van der Waals surface area contributed by atoms with Gasteiger partial charge in [0.05, 0.1) is 0 Å². The molecule has 0 bridgehead atoms. The summed E-state index contributed by atoms with van der Waals surface area (Å²) in [6.45, 7) is 0. The highest BCUT2D eigenvalue weighted by molar-refractivity contribution is 5.51. The number of rotatable bonds is 2. The van der Waals surface area contributed by atoms with Gasteiger partial charge in [-0.1, -0.05) is 49.2 Å². The van der Waals surface area contributed by atoms with E-state index in [1.165, 1.54) is 0 Å². The normalized spacial score (nSPS) is 17.5. The number of phenolic OH excluding ortho intramolecular Hbond substituents is 2. The Morgan fingerprint density at radius 3 is 1.53 bits per heavy atom. The van der Waals surface area contributed by atoms with Crippen molar-refractivity contribution < 1.29 is 10.2 Å². The topological polar surface area (TPSA) is 40.5 Å².